The second-order valence-corrected chi connectivity index (χ2v) is 7.28. The molecule has 0 radical (unpaired) electrons. The fourth-order valence-corrected chi connectivity index (χ4v) is 3.46. The minimum Gasteiger partial charge on any atom is -0.493 e. The maximum absolute atomic E-state index is 12.9. The molecule has 0 aromatic heterocycles. The molecule has 8 heteroatoms. The predicted molar refractivity (Wildman–Crippen MR) is 110 cm³/mol. The van der Waals surface area contributed by atoms with Crippen molar-refractivity contribution in [3.8, 4) is 11.5 Å². The third kappa shape index (κ3) is 5.90. The van der Waals surface area contributed by atoms with Gasteiger partial charge in [-0.05, 0) is 30.8 Å². The fourth-order valence-electron chi connectivity index (χ4n) is 3.46. The van der Waals surface area contributed by atoms with Crippen LogP contribution in [-0.4, -0.2) is 69.2 Å². The van der Waals surface area contributed by atoms with E-state index in [0.29, 0.717) is 6.54 Å². The molecule has 1 unspecified atom stereocenters. The van der Waals surface area contributed by atoms with Crippen molar-refractivity contribution in [2.24, 2.45) is 0 Å². The van der Waals surface area contributed by atoms with Gasteiger partial charge in [0, 0.05) is 38.3 Å². The fraction of sp³-hybridized carbons (Fsp3) is 0.409. The van der Waals surface area contributed by atoms with E-state index in [-0.39, 0.29) is 29.0 Å². The molecule has 1 atom stereocenters. The lowest BCUT2D eigenvalue weighted by Gasteiger charge is -2.35. The monoisotopic (exact) mass is 419 g/mol. The van der Waals surface area contributed by atoms with Crippen molar-refractivity contribution in [1.29, 1.82) is 0 Å². The number of rotatable bonds is 8. The number of hydrogen-bond donors (Lipinski definition) is 1. The summed E-state index contributed by atoms with van der Waals surface area (Å²) in [4.78, 5) is 17.5. The minimum absolute atomic E-state index is 0.142. The van der Waals surface area contributed by atoms with Gasteiger partial charge in [-0.25, -0.2) is 0 Å². The summed E-state index contributed by atoms with van der Waals surface area (Å²) >= 11 is 0. The molecule has 1 N–H and O–H groups in total. The molecule has 2 aromatic carbocycles. The Balaban J connectivity index is 1.77. The average molecular weight is 419 g/mol. The lowest BCUT2D eigenvalue weighted by Crippen LogP contribution is -2.47. The zero-order valence-electron chi connectivity index (χ0n) is 17.2. The summed E-state index contributed by atoms with van der Waals surface area (Å²) in [5.41, 5.74) is 1.22. The van der Waals surface area contributed by atoms with Gasteiger partial charge in [0.25, 0.3) is 5.91 Å². The first-order valence-corrected chi connectivity index (χ1v) is 9.86. The maximum atomic E-state index is 12.9. The maximum Gasteiger partial charge on any atom is 0.387 e. The molecular formula is C22H27F2N3O3. The number of nitrogens with one attached hydrogen (secondary N) is 1. The Kier molecular flexibility index (Phi) is 7.59. The second-order valence-electron chi connectivity index (χ2n) is 7.28. The largest absolute Gasteiger partial charge is 0.493 e. The van der Waals surface area contributed by atoms with Crippen molar-refractivity contribution >= 4 is 5.91 Å². The molecule has 1 amide bonds. The van der Waals surface area contributed by atoms with E-state index in [1.54, 1.807) is 0 Å². The lowest BCUT2D eigenvalue weighted by molar-refractivity contribution is -0.0512. The van der Waals surface area contributed by atoms with Gasteiger partial charge in [0.15, 0.2) is 11.5 Å². The highest BCUT2D eigenvalue weighted by Crippen LogP contribution is 2.29. The van der Waals surface area contributed by atoms with E-state index in [1.807, 2.05) is 30.3 Å². The Morgan fingerprint density at radius 3 is 2.40 bits per heavy atom. The van der Waals surface area contributed by atoms with Crippen molar-refractivity contribution in [2.75, 3.05) is 46.9 Å². The van der Waals surface area contributed by atoms with Crippen molar-refractivity contribution in [3.05, 3.63) is 59.7 Å². The van der Waals surface area contributed by atoms with E-state index < -0.39 is 6.61 Å². The number of halogens is 2. The lowest BCUT2D eigenvalue weighted by atomic mass is 10.0. The van der Waals surface area contributed by atoms with Gasteiger partial charge in [0.1, 0.15) is 0 Å². The van der Waals surface area contributed by atoms with Gasteiger partial charge in [0.2, 0.25) is 0 Å². The highest BCUT2D eigenvalue weighted by atomic mass is 19.3. The summed E-state index contributed by atoms with van der Waals surface area (Å²) in [6.45, 7) is 1.45. The number of hydrogen-bond acceptors (Lipinski definition) is 5. The summed E-state index contributed by atoms with van der Waals surface area (Å²) in [6.07, 6.45) is 0. The molecule has 1 heterocycles. The number of ether oxygens (including phenoxy) is 2. The quantitative estimate of drug-likeness (QED) is 0.713. The molecule has 6 nitrogen and oxygen atoms in total. The van der Waals surface area contributed by atoms with Crippen LogP contribution in [0.25, 0.3) is 0 Å². The van der Waals surface area contributed by atoms with Gasteiger partial charge < -0.3 is 19.7 Å². The Morgan fingerprint density at radius 1 is 1.07 bits per heavy atom. The van der Waals surface area contributed by atoms with Crippen LogP contribution in [0, 0.1) is 0 Å². The predicted octanol–water partition coefficient (Wildman–Crippen LogP) is 3.02. The summed E-state index contributed by atoms with van der Waals surface area (Å²) in [6, 6.07) is 13.8. The first-order chi connectivity index (χ1) is 14.5. The highest BCUT2D eigenvalue weighted by Gasteiger charge is 2.22. The molecule has 1 aliphatic heterocycles. The van der Waals surface area contributed by atoms with Gasteiger partial charge in [-0.2, -0.15) is 8.78 Å². The molecule has 162 valence electrons. The Morgan fingerprint density at radius 2 is 1.77 bits per heavy atom. The molecule has 2 aromatic rings. The zero-order valence-corrected chi connectivity index (χ0v) is 17.2. The van der Waals surface area contributed by atoms with E-state index in [1.165, 1.54) is 25.3 Å². The average Bonchev–Trinajstić information content (AvgIpc) is 2.75. The molecule has 1 saturated heterocycles. The number of likely N-dealkylation sites (N-methyl/N-ethyl adjacent to an activating group) is 1. The van der Waals surface area contributed by atoms with Crippen molar-refractivity contribution < 1.29 is 23.0 Å². The number of alkyl halides is 2. The molecule has 3 rings (SSSR count). The Bertz CT molecular complexity index is 828. The van der Waals surface area contributed by atoms with Gasteiger partial charge >= 0.3 is 6.61 Å². The van der Waals surface area contributed by atoms with Gasteiger partial charge in [0.05, 0.1) is 13.2 Å². The van der Waals surface area contributed by atoms with Crippen LogP contribution < -0.4 is 14.8 Å². The summed E-state index contributed by atoms with van der Waals surface area (Å²) in [5.74, 6) is -0.390. The molecule has 1 fully saturated rings. The first-order valence-electron chi connectivity index (χ1n) is 9.86. The van der Waals surface area contributed by atoms with Crippen LogP contribution in [0.15, 0.2) is 48.5 Å². The van der Waals surface area contributed by atoms with Crippen molar-refractivity contribution in [3.63, 3.8) is 0 Å². The van der Waals surface area contributed by atoms with E-state index in [0.717, 1.165) is 31.7 Å². The molecule has 1 aliphatic rings. The van der Waals surface area contributed by atoms with Crippen LogP contribution in [0.5, 0.6) is 11.5 Å². The van der Waals surface area contributed by atoms with Gasteiger partial charge in [-0.1, -0.05) is 30.3 Å². The molecule has 0 spiro atoms. The molecule has 0 aliphatic carbocycles. The number of piperazine rings is 1. The van der Waals surface area contributed by atoms with Gasteiger partial charge in [-0.3, -0.25) is 9.69 Å². The summed E-state index contributed by atoms with van der Waals surface area (Å²) in [5, 5.41) is 3.05. The number of nitrogens with zero attached hydrogens (tertiary/aromatic N) is 2. The second kappa shape index (κ2) is 10.4. The van der Waals surface area contributed by atoms with Crippen molar-refractivity contribution in [2.45, 2.75) is 12.7 Å². The normalized spacial score (nSPS) is 16.3. The highest BCUT2D eigenvalue weighted by molar-refractivity contribution is 5.95. The number of carbonyl (C=O) groups is 1. The topological polar surface area (TPSA) is 54.0 Å². The number of benzene rings is 2. The Labute approximate surface area is 175 Å². The molecule has 30 heavy (non-hydrogen) atoms. The van der Waals surface area contributed by atoms with Crippen LogP contribution in [0.4, 0.5) is 8.78 Å². The zero-order chi connectivity index (χ0) is 21.5. The number of amides is 1. The van der Waals surface area contributed by atoms with Crippen LogP contribution in [0.1, 0.15) is 22.0 Å². The SMILES string of the molecule is COc1ccc(C(=O)NC(CN2CCN(C)CC2)c2ccccc2)cc1OC(F)F. The third-order valence-corrected chi connectivity index (χ3v) is 5.19. The summed E-state index contributed by atoms with van der Waals surface area (Å²) < 4.78 is 34.9. The van der Waals surface area contributed by atoms with Crippen LogP contribution >= 0.6 is 0 Å². The van der Waals surface area contributed by atoms with Crippen LogP contribution in [0.3, 0.4) is 0 Å². The number of carbonyl (C=O) groups excluding carboxylic acids is 1. The van der Waals surface area contributed by atoms with Crippen LogP contribution in [0.2, 0.25) is 0 Å². The van der Waals surface area contributed by atoms with E-state index in [9.17, 15) is 13.6 Å². The van der Waals surface area contributed by atoms with E-state index >= 15 is 0 Å². The third-order valence-electron chi connectivity index (χ3n) is 5.19. The number of methoxy groups -OCH3 is 1. The first kappa shape index (κ1) is 22.0. The minimum atomic E-state index is -3.01. The molecule has 0 saturated carbocycles. The molecule has 0 bridgehead atoms. The van der Waals surface area contributed by atoms with Gasteiger partial charge in [-0.15, -0.1) is 0 Å². The standard InChI is InChI=1S/C22H27F2N3O3/c1-26-10-12-27(13-11-26)15-18(16-6-4-3-5-7-16)25-21(28)17-8-9-19(29-2)20(14-17)30-22(23)24/h3-9,14,18,22H,10-13,15H2,1-2H3,(H,25,28). The smallest absolute Gasteiger partial charge is 0.387 e. The summed E-state index contributed by atoms with van der Waals surface area (Å²) in [7, 11) is 3.45. The van der Waals surface area contributed by atoms with E-state index in [2.05, 4.69) is 26.9 Å². The van der Waals surface area contributed by atoms with E-state index in [4.69, 9.17) is 4.74 Å². The van der Waals surface area contributed by atoms with Crippen LogP contribution in [-0.2, 0) is 0 Å². The molecular weight excluding hydrogens is 392 g/mol. The van der Waals surface area contributed by atoms with Crippen molar-refractivity contribution in [1.82, 2.24) is 15.1 Å². The Hall–Kier alpha value is -2.71.